The molecular weight excluding hydrogens is 307 g/mol. The smallest absolute Gasteiger partial charge is 0.234 e. The molecule has 1 aromatic rings. The maximum Gasteiger partial charge on any atom is 0.234 e. The van der Waals surface area contributed by atoms with Crippen molar-refractivity contribution >= 4 is 5.91 Å². The van der Waals surface area contributed by atoms with Crippen LogP contribution in [0.5, 0.6) is 0 Å². The van der Waals surface area contributed by atoms with Crippen molar-refractivity contribution < 1.29 is 14.3 Å². The van der Waals surface area contributed by atoms with E-state index in [1.54, 1.807) is 12.1 Å². The van der Waals surface area contributed by atoms with Crippen molar-refractivity contribution in [3.05, 3.63) is 35.6 Å². The molecule has 1 amide bonds. The SMILES string of the molecule is CCCCCNC(=O)CN1CCC(C(O)c2ccc(F)cc2)CC1. The van der Waals surface area contributed by atoms with E-state index in [2.05, 4.69) is 17.1 Å². The number of piperidine rings is 1. The van der Waals surface area contributed by atoms with Gasteiger partial charge in [-0.15, -0.1) is 0 Å². The lowest BCUT2D eigenvalue weighted by Gasteiger charge is -2.34. The monoisotopic (exact) mass is 336 g/mol. The number of carbonyl (C=O) groups is 1. The molecule has 0 aromatic heterocycles. The zero-order valence-corrected chi connectivity index (χ0v) is 14.5. The number of likely N-dealkylation sites (tertiary alicyclic amines) is 1. The molecule has 4 nitrogen and oxygen atoms in total. The van der Waals surface area contributed by atoms with Crippen LogP contribution in [0.2, 0.25) is 0 Å². The van der Waals surface area contributed by atoms with E-state index in [0.717, 1.165) is 57.3 Å². The fraction of sp³-hybridized carbons (Fsp3) is 0.632. The van der Waals surface area contributed by atoms with Gasteiger partial charge in [0.25, 0.3) is 0 Å². The summed E-state index contributed by atoms with van der Waals surface area (Å²) in [5.74, 6) is -0.0336. The van der Waals surface area contributed by atoms with Crippen molar-refractivity contribution in [3.8, 4) is 0 Å². The van der Waals surface area contributed by atoms with Gasteiger partial charge < -0.3 is 10.4 Å². The van der Waals surface area contributed by atoms with E-state index in [4.69, 9.17) is 0 Å². The van der Waals surface area contributed by atoms with Gasteiger partial charge in [0.05, 0.1) is 12.6 Å². The molecule has 1 heterocycles. The molecule has 134 valence electrons. The van der Waals surface area contributed by atoms with Gasteiger partial charge in [-0.2, -0.15) is 0 Å². The van der Waals surface area contributed by atoms with Gasteiger partial charge in [-0.3, -0.25) is 9.69 Å². The third kappa shape index (κ3) is 5.87. The summed E-state index contributed by atoms with van der Waals surface area (Å²) in [7, 11) is 0. The number of halogens is 1. The number of aliphatic hydroxyl groups excluding tert-OH is 1. The highest BCUT2D eigenvalue weighted by Gasteiger charge is 2.26. The number of nitrogens with one attached hydrogen (secondary N) is 1. The first-order chi connectivity index (χ1) is 11.6. The Kier molecular flexibility index (Phi) is 7.66. The molecule has 1 saturated heterocycles. The minimum Gasteiger partial charge on any atom is -0.388 e. The molecule has 0 radical (unpaired) electrons. The molecule has 2 N–H and O–H groups in total. The summed E-state index contributed by atoms with van der Waals surface area (Å²) in [6.45, 7) is 4.96. The topological polar surface area (TPSA) is 52.6 Å². The molecule has 5 heteroatoms. The molecule has 1 aliphatic rings. The van der Waals surface area contributed by atoms with Gasteiger partial charge in [-0.05, 0) is 56.0 Å². The highest BCUT2D eigenvalue weighted by Crippen LogP contribution is 2.30. The molecule has 1 aromatic carbocycles. The minimum absolute atomic E-state index is 0.0867. The standard InChI is InChI=1S/C19H29FN2O2/c1-2-3-4-11-21-18(23)14-22-12-9-16(10-13-22)19(24)15-5-7-17(20)8-6-15/h5-8,16,19,24H,2-4,9-14H2,1H3,(H,21,23). The van der Waals surface area contributed by atoms with Gasteiger partial charge in [0.2, 0.25) is 5.91 Å². The fourth-order valence-corrected chi connectivity index (χ4v) is 3.22. The lowest BCUT2D eigenvalue weighted by molar-refractivity contribution is -0.122. The largest absolute Gasteiger partial charge is 0.388 e. The van der Waals surface area contributed by atoms with Gasteiger partial charge in [-0.25, -0.2) is 4.39 Å². The number of amides is 1. The molecule has 24 heavy (non-hydrogen) atoms. The lowest BCUT2D eigenvalue weighted by atomic mass is 9.87. The van der Waals surface area contributed by atoms with Crippen molar-refractivity contribution in [2.24, 2.45) is 5.92 Å². The van der Waals surface area contributed by atoms with Gasteiger partial charge in [0.1, 0.15) is 5.82 Å². The Hall–Kier alpha value is -1.46. The van der Waals surface area contributed by atoms with Crippen LogP contribution in [0.15, 0.2) is 24.3 Å². The summed E-state index contributed by atoms with van der Waals surface area (Å²) >= 11 is 0. The number of nitrogens with zero attached hydrogens (tertiary/aromatic N) is 1. The summed E-state index contributed by atoms with van der Waals surface area (Å²) in [6.07, 6.45) is 4.47. The summed E-state index contributed by atoms with van der Waals surface area (Å²) in [5.41, 5.74) is 0.767. The predicted octanol–water partition coefficient (Wildman–Crippen LogP) is 2.88. The molecule has 0 bridgehead atoms. The van der Waals surface area contributed by atoms with Crippen LogP contribution in [0, 0.1) is 11.7 Å². The molecule has 1 unspecified atom stereocenters. The Labute approximate surface area is 144 Å². The second-order valence-electron chi connectivity index (χ2n) is 6.67. The first-order valence-electron chi connectivity index (χ1n) is 9.02. The van der Waals surface area contributed by atoms with E-state index < -0.39 is 6.10 Å². The van der Waals surface area contributed by atoms with Crippen LogP contribution >= 0.6 is 0 Å². The van der Waals surface area contributed by atoms with Gasteiger partial charge in [0, 0.05) is 6.54 Å². The molecule has 1 fully saturated rings. The van der Waals surface area contributed by atoms with Crippen LogP contribution in [-0.2, 0) is 4.79 Å². The minimum atomic E-state index is -0.560. The fourth-order valence-electron chi connectivity index (χ4n) is 3.22. The predicted molar refractivity (Wildman–Crippen MR) is 93.1 cm³/mol. The first-order valence-corrected chi connectivity index (χ1v) is 9.02. The first kappa shape index (κ1) is 18.9. The Balaban J connectivity index is 1.71. The Morgan fingerprint density at radius 1 is 1.29 bits per heavy atom. The normalized spacial score (nSPS) is 17.6. The highest BCUT2D eigenvalue weighted by molar-refractivity contribution is 5.77. The molecular formula is C19H29FN2O2. The second kappa shape index (κ2) is 9.74. The summed E-state index contributed by atoms with van der Waals surface area (Å²) in [5, 5.41) is 13.4. The van der Waals surface area contributed by atoms with E-state index in [1.807, 2.05) is 0 Å². The molecule has 0 spiro atoms. The summed E-state index contributed by atoms with van der Waals surface area (Å²) in [4.78, 5) is 14.0. The summed E-state index contributed by atoms with van der Waals surface area (Å²) < 4.78 is 13.0. The van der Waals surface area contributed by atoms with Crippen molar-refractivity contribution in [2.45, 2.75) is 45.1 Å². The van der Waals surface area contributed by atoms with Crippen LogP contribution in [-0.4, -0.2) is 42.1 Å². The quantitative estimate of drug-likeness (QED) is 0.718. The van der Waals surface area contributed by atoms with E-state index in [0.29, 0.717) is 6.54 Å². The maximum atomic E-state index is 13.0. The van der Waals surface area contributed by atoms with E-state index in [-0.39, 0.29) is 17.6 Å². The van der Waals surface area contributed by atoms with E-state index in [9.17, 15) is 14.3 Å². The van der Waals surface area contributed by atoms with Gasteiger partial charge >= 0.3 is 0 Å². The molecule has 0 saturated carbocycles. The van der Waals surface area contributed by atoms with Crippen molar-refractivity contribution in [1.29, 1.82) is 0 Å². The van der Waals surface area contributed by atoms with Crippen LogP contribution in [0.1, 0.15) is 50.7 Å². The van der Waals surface area contributed by atoms with Crippen molar-refractivity contribution in [3.63, 3.8) is 0 Å². The zero-order chi connectivity index (χ0) is 17.4. The average molecular weight is 336 g/mol. The molecule has 2 rings (SSSR count). The van der Waals surface area contributed by atoms with E-state index in [1.165, 1.54) is 12.1 Å². The number of hydrogen-bond acceptors (Lipinski definition) is 3. The molecule has 1 aliphatic heterocycles. The van der Waals surface area contributed by atoms with Crippen molar-refractivity contribution in [2.75, 3.05) is 26.2 Å². The zero-order valence-electron chi connectivity index (χ0n) is 14.5. The average Bonchev–Trinajstić information content (AvgIpc) is 2.59. The molecule has 1 atom stereocenters. The van der Waals surface area contributed by atoms with Gasteiger partial charge in [0.15, 0.2) is 0 Å². The van der Waals surface area contributed by atoms with E-state index >= 15 is 0 Å². The molecule has 0 aliphatic carbocycles. The second-order valence-corrected chi connectivity index (χ2v) is 6.67. The number of aliphatic hydroxyl groups is 1. The maximum absolute atomic E-state index is 13.0. The van der Waals surface area contributed by atoms with Crippen LogP contribution in [0.3, 0.4) is 0 Å². The number of hydrogen-bond donors (Lipinski definition) is 2. The highest BCUT2D eigenvalue weighted by atomic mass is 19.1. The summed E-state index contributed by atoms with van der Waals surface area (Å²) in [6, 6.07) is 6.07. The number of carbonyl (C=O) groups excluding carboxylic acids is 1. The number of unbranched alkanes of at least 4 members (excludes halogenated alkanes) is 2. The Morgan fingerprint density at radius 2 is 1.96 bits per heavy atom. The van der Waals surface area contributed by atoms with Gasteiger partial charge in [-0.1, -0.05) is 31.9 Å². The number of rotatable bonds is 8. The van der Waals surface area contributed by atoms with Crippen LogP contribution in [0.25, 0.3) is 0 Å². The third-order valence-electron chi connectivity index (χ3n) is 4.76. The third-order valence-corrected chi connectivity index (χ3v) is 4.76. The Bertz CT molecular complexity index is 499. The van der Waals surface area contributed by atoms with Crippen LogP contribution < -0.4 is 5.32 Å². The lowest BCUT2D eigenvalue weighted by Crippen LogP contribution is -2.42. The Morgan fingerprint density at radius 3 is 2.58 bits per heavy atom. The van der Waals surface area contributed by atoms with Crippen molar-refractivity contribution in [1.82, 2.24) is 10.2 Å². The number of benzene rings is 1. The van der Waals surface area contributed by atoms with Crippen LogP contribution in [0.4, 0.5) is 4.39 Å².